The number of nitrogens with two attached hydrogens (primary N) is 1. The molecule has 0 saturated heterocycles. The minimum atomic E-state index is -0.114. The Labute approximate surface area is 92.5 Å². The largest absolute Gasteiger partial charge is 0.363 e. The summed E-state index contributed by atoms with van der Waals surface area (Å²) < 4.78 is 0.855. The third kappa shape index (κ3) is 2.65. The first-order valence-electron chi connectivity index (χ1n) is 4.55. The van der Waals surface area contributed by atoms with Crippen LogP contribution in [0, 0.1) is 0 Å². The molecule has 3 N–H and O–H groups in total. The predicted molar refractivity (Wildman–Crippen MR) is 61.1 cm³/mol. The highest BCUT2D eigenvalue weighted by Gasteiger charge is 2.20. The zero-order valence-corrected chi connectivity index (χ0v) is 10.0. The molecule has 1 aromatic heterocycles. The maximum atomic E-state index is 5.69. The normalized spacial score (nSPS) is 14.9. The van der Waals surface area contributed by atoms with Gasteiger partial charge < -0.3 is 11.1 Å². The molecule has 5 heteroatoms. The fourth-order valence-corrected chi connectivity index (χ4v) is 1.29. The van der Waals surface area contributed by atoms with Crippen molar-refractivity contribution in [2.75, 3.05) is 11.9 Å². The summed E-state index contributed by atoms with van der Waals surface area (Å²) in [5.74, 6) is 0.787. The molecule has 0 radical (unpaired) electrons. The van der Waals surface area contributed by atoms with E-state index in [4.69, 9.17) is 5.73 Å². The third-order valence-electron chi connectivity index (χ3n) is 2.32. The Kier molecular flexibility index (Phi) is 3.83. The fraction of sp³-hybridized carbons (Fsp3) is 0.556. The van der Waals surface area contributed by atoms with Crippen LogP contribution in [-0.4, -0.2) is 22.1 Å². The van der Waals surface area contributed by atoms with E-state index < -0.39 is 0 Å². The van der Waals surface area contributed by atoms with Gasteiger partial charge in [-0.05, 0) is 29.3 Å². The smallest absolute Gasteiger partial charge is 0.144 e. The van der Waals surface area contributed by atoms with Crippen molar-refractivity contribution in [1.29, 1.82) is 0 Å². The summed E-state index contributed by atoms with van der Waals surface area (Å²) >= 11 is 3.38. The van der Waals surface area contributed by atoms with Gasteiger partial charge in [0, 0.05) is 18.3 Å². The Balaban J connectivity index is 2.82. The van der Waals surface area contributed by atoms with E-state index in [0.29, 0.717) is 6.54 Å². The maximum Gasteiger partial charge on any atom is 0.144 e. The highest BCUT2D eigenvalue weighted by atomic mass is 79.9. The Hall–Kier alpha value is -0.680. The molecule has 1 aromatic rings. The van der Waals surface area contributed by atoms with Crippen molar-refractivity contribution < 1.29 is 0 Å². The van der Waals surface area contributed by atoms with Crippen molar-refractivity contribution in [2.24, 2.45) is 5.73 Å². The van der Waals surface area contributed by atoms with Crippen LogP contribution in [0.5, 0.6) is 0 Å². The monoisotopic (exact) mass is 258 g/mol. The molecule has 1 rings (SSSR count). The van der Waals surface area contributed by atoms with Gasteiger partial charge >= 0.3 is 0 Å². The quantitative estimate of drug-likeness (QED) is 0.865. The van der Waals surface area contributed by atoms with Gasteiger partial charge in [0.2, 0.25) is 0 Å². The number of rotatable bonds is 4. The van der Waals surface area contributed by atoms with Gasteiger partial charge in [-0.2, -0.15) is 0 Å². The molecule has 0 aliphatic heterocycles. The lowest BCUT2D eigenvalue weighted by molar-refractivity contribution is 0.504. The molecule has 0 aliphatic rings. The standard InChI is InChI=1S/C9H15BrN4/c1-3-9(2,5-11)14-8-7(10)4-12-6-13-8/h4,6H,3,5,11H2,1-2H3,(H,12,13,14). The van der Waals surface area contributed by atoms with Gasteiger partial charge in [0.25, 0.3) is 0 Å². The topological polar surface area (TPSA) is 63.8 Å². The predicted octanol–water partition coefficient (Wildman–Crippen LogP) is 1.78. The molecule has 0 aromatic carbocycles. The first kappa shape index (κ1) is 11.4. The summed E-state index contributed by atoms with van der Waals surface area (Å²) in [5.41, 5.74) is 5.58. The highest BCUT2D eigenvalue weighted by Crippen LogP contribution is 2.22. The van der Waals surface area contributed by atoms with E-state index >= 15 is 0 Å². The summed E-state index contributed by atoms with van der Waals surface area (Å²) in [6.45, 7) is 4.73. The van der Waals surface area contributed by atoms with Crippen molar-refractivity contribution in [3.63, 3.8) is 0 Å². The first-order chi connectivity index (χ1) is 6.61. The number of aromatic nitrogens is 2. The summed E-state index contributed by atoms with van der Waals surface area (Å²) in [5, 5.41) is 3.30. The number of hydrogen-bond acceptors (Lipinski definition) is 4. The van der Waals surface area contributed by atoms with Gasteiger partial charge in [-0.15, -0.1) is 0 Å². The Morgan fingerprint density at radius 1 is 1.64 bits per heavy atom. The molecule has 0 saturated carbocycles. The van der Waals surface area contributed by atoms with Crippen LogP contribution in [0.15, 0.2) is 17.0 Å². The lowest BCUT2D eigenvalue weighted by Crippen LogP contribution is -2.42. The molecule has 0 spiro atoms. The third-order valence-corrected chi connectivity index (χ3v) is 2.90. The van der Waals surface area contributed by atoms with E-state index in [0.717, 1.165) is 16.7 Å². The molecule has 0 aliphatic carbocycles. The zero-order valence-electron chi connectivity index (χ0n) is 8.42. The van der Waals surface area contributed by atoms with Gasteiger partial charge in [-0.1, -0.05) is 6.92 Å². The van der Waals surface area contributed by atoms with Crippen molar-refractivity contribution in [2.45, 2.75) is 25.8 Å². The van der Waals surface area contributed by atoms with Crippen LogP contribution in [0.3, 0.4) is 0 Å². The summed E-state index contributed by atoms with van der Waals surface area (Å²) in [4.78, 5) is 8.03. The molecule has 1 unspecified atom stereocenters. The Morgan fingerprint density at radius 2 is 2.36 bits per heavy atom. The number of anilines is 1. The first-order valence-corrected chi connectivity index (χ1v) is 5.34. The van der Waals surface area contributed by atoms with Crippen molar-refractivity contribution in [1.82, 2.24) is 9.97 Å². The molecular weight excluding hydrogens is 244 g/mol. The second-order valence-electron chi connectivity index (χ2n) is 3.46. The van der Waals surface area contributed by atoms with E-state index in [2.05, 4.69) is 45.1 Å². The van der Waals surface area contributed by atoms with E-state index in [1.165, 1.54) is 6.33 Å². The van der Waals surface area contributed by atoms with E-state index in [-0.39, 0.29) is 5.54 Å². The average Bonchev–Trinajstić information content (AvgIpc) is 2.21. The molecule has 1 atom stereocenters. The van der Waals surface area contributed by atoms with Crippen LogP contribution >= 0.6 is 15.9 Å². The Bertz CT molecular complexity index is 299. The highest BCUT2D eigenvalue weighted by molar-refractivity contribution is 9.10. The molecule has 78 valence electrons. The van der Waals surface area contributed by atoms with Gasteiger partial charge in [-0.25, -0.2) is 9.97 Å². The number of halogens is 1. The molecule has 1 heterocycles. The second-order valence-corrected chi connectivity index (χ2v) is 4.32. The van der Waals surface area contributed by atoms with Crippen LogP contribution in [0.4, 0.5) is 5.82 Å². The van der Waals surface area contributed by atoms with Crippen LogP contribution in [0.1, 0.15) is 20.3 Å². The summed E-state index contributed by atoms with van der Waals surface area (Å²) in [6, 6.07) is 0. The van der Waals surface area contributed by atoms with Gasteiger partial charge in [0.05, 0.1) is 4.47 Å². The van der Waals surface area contributed by atoms with Crippen molar-refractivity contribution in [3.05, 3.63) is 17.0 Å². The zero-order chi connectivity index (χ0) is 10.6. The second kappa shape index (κ2) is 4.70. The molecule has 0 bridgehead atoms. The summed E-state index contributed by atoms with van der Waals surface area (Å²) in [7, 11) is 0. The lowest BCUT2D eigenvalue weighted by atomic mass is 9.99. The van der Waals surface area contributed by atoms with Crippen LogP contribution in [0.25, 0.3) is 0 Å². The van der Waals surface area contributed by atoms with Crippen LogP contribution < -0.4 is 11.1 Å². The van der Waals surface area contributed by atoms with Crippen molar-refractivity contribution >= 4 is 21.7 Å². The van der Waals surface area contributed by atoms with Gasteiger partial charge in [-0.3, -0.25) is 0 Å². The molecule has 0 amide bonds. The summed E-state index contributed by atoms with van der Waals surface area (Å²) in [6.07, 6.45) is 4.17. The lowest BCUT2D eigenvalue weighted by Gasteiger charge is -2.28. The average molecular weight is 259 g/mol. The molecule has 14 heavy (non-hydrogen) atoms. The SMILES string of the molecule is CCC(C)(CN)Nc1ncncc1Br. The minimum absolute atomic E-state index is 0.114. The Morgan fingerprint density at radius 3 is 2.86 bits per heavy atom. The minimum Gasteiger partial charge on any atom is -0.363 e. The number of nitrogens with one attached hydrogen (secondary N) is 1. The fourth-order valence-electron chi connectivity index (χ4n) is 0.974. The number of hydrogen-bond donors (Lipinski definition) is 2. The molecule has 0 fully saturated rings. The van der Waals surface area contributed by atoms with Gasteiger partial charge in [0.1, 0.15) is 12.1 Å². The van der Waals surface area contributed by atoms with E-state index in [9.17, 15) is 0 Å². The van der Waals surface area contributed by atoms with Crippen molar-refractivity contribution in [3.8, 4) is 0 Å². The number of nitrogens with zero attached hydrogens (tertiary/aromatic N) is 2. The van der Waals surface area contributed by atoms with Crippen LogP contribution in [0.2, 0.25) is 0 Å². The van der Waals surface area contributed by atoms with E-state index in [1.54, 1.807) is 6.20 Å². The molecular formula is C9H15BrN4. The van der Waals surface area contributed by atoms with Crippen LogP contribution in [-0.2, 0) is 0 Å². The van der Waals surface area contributed by atoms with E-state index in [1.807, 2.05) is 0 Å². The maximum absolute atomic E-state index is 5.69. The van der Waals surface area contributed by atoms with Gasteiger partial charge in [0.15, 0.2) is 0 Å². The molecule has 4 nitrogen and oxygen atoms in total.